The SMILES string of the molecule is CCOC(=O)c1cn(CC)c2nc(-c3ccnc(C)c3)ncc2c1=O. The van der Waals surface area contributed by atoms with Crippen LogP contribution in [-0.4, -0.2) is 32.1 Å². The van der Waals surface area contributed by atoms with Gasteiger partial charge in [0.05, 0.1) is 12.0 Å². The van der Waals surface area contributed by atoms with Gasteiger partial charge in [-0.1, -0.05) is 0 Å². The maximum absolute atomic E-state index is 12.6. The zero-order valence-corrected chi connectivity index (χ0v) is 14.3. The Morgan fingerprint density at radius 2 is 2.08 bits per heavy atom. The number of hydrogen-bond acceptors (Lipinski definition) is 6. The lowest BCUT2D eigenvalue weighted by Crippen LogP contribution is -2.21. The van der Waals surface area contributed by atoms with Crippen LogP contribution in [0.3, 0.4) is 0 Å². The summed E-state index contributed by atoms with van der Waals surface area (Å²) in [7, 11) is 0. The van der Waals surface area contributed by atoms with E-state index >= 15 is 0 Å². The van der Waals surface area contributed by atoms with E-state index in [0.29, 0.717) is 23.4 Å². The van der Waals surface area contributed by atoms with E-state index in [2.05, 4.69) is 15.0 Å². The second-order valence-corrected chi connectivity index (χ2v) is 5.50. The molecule has 3 aromatic rings. The summed E-state index contributed by atoms with van der Waals surface area (Å²) in [6.45, 7) is 6.26. The summed E-state index contributed by atoms with van der Waals surface area (Å²) in [5, 5.41) is 0.293. The molecule has 0 aliphatic rings. The highest BCUT2D eigenvalue weighted by Crippen LogP contribution is 2.18. The topological polar surface area (TPSA) is 87.0 Å². The molecule has 3 aromatic heterocycles. The highest BCUT2D eigenvalue weighted by Gasteiger charge is 2.18. The molecule has 0 spiro atoms. The van der Waals surface area contributed by atoms with Gasteiger partial charge < -0.3 is 9.30 Å². The molecule has 3 rings (SSSR count). The first-order valence-electron chi connectivity index (χ1n) is 8.05. The van der Waals surface area contributed by atoms with Gasteiger partial charge in [-0.25, -0.2) is 14.8 Å². The number of hydrogen-bond donors (Lipinski definition) is 0. The lowest BCUT2D eigenvalue weighted by Gasteiger charge is -2.11. The molecule has 3 heterocycles. The number of pyridine rings is 2. The minimum atomic E-state index is -0.634. The first-order valence-corrected chi connectivity index (χ1v) is 8.05. The second kappa shape index (κ2) is 6.80. The molecule has 128 valence electrons. The summed E-state index contributed by atoms with van der Waals surface area (Å²) in [6.07, 6.45) is 4.65. The highest BCUT2D eigenvalue weighted by molar-refractivity contribution is 5.93. The predicted octanol–water partition coefficient (Wildman–Crippen LogP) is 2.36. The number of carbonyl (C=O) groups excluding carboxylic acids is 1. The fraction of sp³-hybridized carbons (Fsp3) is 0.278. The number of aryl methyl sites for hydroxylation is 2. The average Bonchev–Trinajstić information content (AvgIpc) is 2.62. The Balaban J connectivity index is 2.22. The number of rotatable bonds is 4. The monoisotopic (exact) mass is 338 g/mol. The summed E-state index contributed by atoms with van der Waals surface area (Å²) in [6, 6.07) is 3.69. The van der Waals surface area contributed by atoms with Crippen LogP contribution in [0, 0.1) is 6.92 Å². The molecule has 0 aliphatic carbocycles. The first-order chi connectivity index (χ1) is 12.0. The Morgan fingerprint density at radius 1 is 1.28 bits per heavy atom. The summed E-state index contributed by atoms with van der Waals surface area (Å²) >= 11 is 0. The van der Waals surface area contributed by atoms with Gasteiger partial charge in [-0.05, 0) is 32.9 Å². The molecule has 0 radical (unpaired) electrons. The number of nitrogens with zero attached hydrogens (tertiary/aromatic N) is 4. The first kappa shape index (κ1) is 16.8. The van der Waals surface area contributed by atoms with E-state index in [-0.39, 0.29) is 12.2 Å². The summed E-state index contributed by atoms with van der Waals surface area (Å²) < 4.78 is 6.72. The molecule has 0 fully saturated rings. The van der Waals surface area contributed by atoms with Gasteiger partial charge >= 0.3 is 5.97 Å². The number of esters is 1. The van der Waals surface area contributed by atoms with Gasteiger partial charge in [0.1, 0.15) is 11.2 Å². The molecule has 0 saturated carbocycles. The number of fused-ring (bicyclic) bond motifs is 1. The lowest BCUT2D eigenvalue weighted by atomic mass is 10.2. The number of ether oxygens (including phenoxy) is 1. The van der Waals surface area contributed by atoms with Crippen molar-refractivity contribution < 1.29 is 9.53 Å². The lowest BCUT2D eigenvalue weighted by molar-refractivity contribution is 0.0524. The maximum atomic E-state index is 12.6. The molecule has 0 N–H and O–H groups in total. The molecule has 0 amide bonds. The second-order valence-electron chi connectivity index (χ2n) is 5.50. The average molecular weight is 338 g/mol. The van der Waals surface area contributed by atoms with Crippen LogP contribution in [0.2, 0.25) is 0 Å². The summed E-state index contributed by atoms with van der Waals surface area (Å²) in [5.41, 5.74) is 1.73. The molecule has 0 aliphatic heterocycles. The molecule has 0 unspecified atom stereocenters. The Morgan fingerprint density at radius 3 is 2.76 bits per heavy atom. The molecule has 0 atom stereocenters. The van der Waals surface area contributed by atoms with Crippen molar-refractivity contribution in [2.45, 2.75) is 27.3 Å². The minimum absolute atomic E-state index is 0.00712. The van der Waals surface area contributed by atoms with Gasteiger partial charge in [-0.3, -0.25) is 9.78 Å². The molecule has 0 saturated heterocycles. The van der Waals surface area contributed by atoms with Crippen LogP contribution in [0.25, 0.3) is 22.4 Å². The van der Waals surface area contributed by atoms with Crippen LogP contribution in [0.1, 0.15) is 29.9 Å². The van der Waals surface area contributed by atoms with E-state index in [9.17, 15) is 9.59 Å². The molecule has 7 nitrogen and oxygen atoms in total. The quantitative estimate of drug-likeness (QED) is 0.679. The Bertz CT molecular complexity index is 1010. The molecule has 0 aromatic carbocycles. The molecule has 7 heteroatoms. The number of aromatic nitrogens is 4. The third-order valence-corrected chi connectivity index (χ3v) is 3.81. The fourth-order valence-electron chi connectivity index (χ4n) is 2.59. The third kappa shape index (κ3) is 3.13. The van der Waals surface area contributed by atoms with Crippen molar-refractivity contribution in [3.63, 3.8) is 0 Å². The van der Waals surface area contributed by atoms with Crippen molar-refractivity contribution in [3.05, 3.63) is 52.2 Å². The van der Waals surface area contributed by atoms with Gasteiger partial charge in [0.2, 0.25) is 5.43 Å². The van der Waals surface area contributed by atoms with Crippen LogP contribution < -0.4 is 5.43 Å². The van der Waals surface area contributed by atoms with E-state index in [4.69, 9.17) is 4.74 Å². The minimum Gasteiger partial charge on any atom is -0.462 e. The molecular formula is C18H18N4O3. The summed E-state index contributed by atoms with van der Waals surface area (Å²) in [5.74, 6) is -0.131. The highest BCUT2D eigenvalue weighted by atomic mass is 16.5. The largest absolute Gasteiger partial charge is 0.462 e. The molecule has 25 heavy (non-hydrogen) atoms. The van der Waals surface area contributed by atoms with Crippen LogP contribution in [0.4, 0.5) is 0 Å². The van der Waals surface area contributed by atoms with E-state index in [1.54, 1.807) is 17.7 Å². The van der Waals surface area contributed by atoms with Gasteiger partial charge in [0, 0.05) is 36.4 Å². The van der Waals surface area contributed by atoms with E-state index in [1.807, 2.05) is 26.0 Å². The predicted molar refractivity (Wildman–Crippen MR) is 93.4 cm³/mol. The van der Waals surface area contributed by atoms with Gasteiger partial charge in [-0.2, -0.15) is 0 Å². The van der Waals surface area contributed by atoms with E-state index in [0.717, 1.165) is 11.3 Å². The molecular weight excluding hydrogens is 320 g/mol. The van der Waals surface area contributed by atoms with Crippen molar-refractivity contribution in [1.82, 2.24) is 19.5 Å². The van der Waals surface area contributed by atoms with E-state index < -0.39 is 11.4 Å². The van der Waals surface area contributed by atoms with Gasteiger partial charge in [0.25, 0.3) is 0 Å². The smallest absolute Gasteiger partial charge is 0.343 e. The standard InChI is InChI=1S/C18H18N4O3/c1-4-22-10-14(18(24)25-5-2)15(23)13-9-20-16(21-17(13)22)12-6-7-19-11(3)8-12/h6-10H,4-5H2,1-3H3. The zero-order chi connectivity index (χ0) is 18.0. The van der Waals surface area contributed by atoms with Crippen molar-refractivity contribution in [2.75, 3.05) is 6.61 Å². The summed E-state index contributed by atoms with van der Waals surface area (Å²) in [4.78, 5) is 37.6. The zero-order valence-electron chi connectivity index (χ0n) is 14.3. The normalized spacial score (nSPS) is 10.8. The van der Waals surface area contributed by atoms with Gasteiger partial charge in [0.15, 0.2) is 5.82 Å². The van der Waals surface area contributed by atoms with E-state index in [1.165, 1.54) is 12.4 Å². The Kier molecular flexibility index (Phi) is 4.56. The van der Waals surface area contributed by atoms with Gasteiger partial charge in [-0.15, -0.1) is 0 Å². The van der Waals surface area contributed by atoms with Crippen LogP contribution in [0.15, 0.2) is 35.5 Å². The van der Waals surface area contributed by atoms with Crippen LogP contribution in [-0.2, 0) is 11.3 Å². The van der Waals surface area contributed by atoms with Crippen molar-refractivity contribution in [2.24, 2.45) is 0 Å². The Hall–Kier alpha value is -3.09. The van der Waals surface area contributed by atoms with Crippen LogP contribution in [0.5, 0.6) is 0 Å². The van der Waals surface area contributed by atoms with Crippen LogP contribution >= 0.6 is 0 Å². The molecule has 0 bridgehead atoms. The van der Waals surface area contributed by atoms with Crippen molar-refractivity contribution >= 4 is 17.0 Å². The fourth-order valence-corrected chi connectivity index (χ4v) is 2.59. The maximum Gasteiger partial charge on any atom is 0.343 e. The third-order valence-electron chi connectivity index (χ3n) is 3.81. The van der Waals surface area contributed by atoms with Crippen molar-refractivity contribution in [3.8, 4) is 11.4 Å². The Labute approximate surface area is 144 Å². The van der Waals surface area contributed by atoms with Crippen molar-refractivity contribution in [1.29, 1.82) is 0 Å². The number of carbonyl (C=O) groups is 1.